The van der Waals surface area contributed by atoms with Crippen LogP contribution in [0.4, 0.5) is 13.2 Å². The molecule has 1 N–H and O–H groups in total. The minimum atomic E-state index is -4.62. The number of methoxy groups -OCH3 is 2. The smallest absolute Gasteiger partial charge is 0.449 e. The Morgan fingerprint density at radius 2 is 1.85 bits per heavy atom. The van der Waals surface area contributed by atoms with Gasteiger partial charge >= 0.3 is 6.18 Å². The topological polar surface area (TPSA) is 69.0 Å². The predicted molar refractivity (Wildman–Crippen MR) is 117 cm³/mol. The Hall–Kier alpha value is -2.82. The van der Waals surface area contributed by atoms with Gasteiger partial charge in [-0.05, 0) is 36.9 Å². The number of imidazole rings is 1. The zero-order valence-electron chi connectivity index (χ0n) is 18.8. The number of nitrogens with zero attached hydrogens (tertiary/aromatic N) is 3. The highest BCUT2D eigenvalue weighted by atomic mass is 19.4. The highest BCUT2D eigenvalue weighted by Gasteiger charge is 2.38. The maximum Gasteiger partial charge on any atom is 0.449 e. The molecule has 3 rings (SSSR count). The van der Waals surface area contributed by atoms with Crippen LogP contribution in [0.15, 0.2) is 42.5 Å². The van der Waals surface area contributed by atoms with E-state index in [0.717, 1.165) is 10.1 Å². The molecule has 3 aromatic rings. The minimum absolute atomic E-state index is 0.162. The standard InChI is InChI=1S/C23H28F3N3O4/c1-28(13-16-8-9-20(32-3)21(12-16)33-11-10-31-2)14-17(30)15-29-19-7-5-4-6-18(19)27-22(29)23(24,25)26/h4-9,12,17,30H,10-11,13-15H2,1-3H3/t17-/m0/s1. The van der Waals surface area contributed by atoms with E-state index >= 15 is 0 Å². The van der Waals surface area contributed by atoms with Crippen LogP contribution in [-0.4, -0.2) is 66.7 Å². The number of fused-ring (bicyclic) bond motifs is 1. The average Bonchev–Trinajstić information content (AvgIpc) is 3.13. The van der Waals surface area contributed by atoms with Gasteiger partial charge in [0.05, 0.1) is 37.4 Å². The Morgan fingerprint density at radius 1 is 1.09 bits per heavy atom. The van der Waals surface area contributed by atoms with E-state index in [-0.39, 0.29) is 18.6 Å². The van der Waals surface area contributed by atoms with Crippen molar-refractivity contribution >= 4 is 11.0 Å². The first-order valence-corrected chi connectivity index (χ1v) is 10.4. The lowest BCUT2D eigenvalue weighted by Crippen LogP contribution is -2.32. The van der Waals surface area contributed by atoms with Crippen molar-refractivity contribution < 1.29 is 32.5 Å². The van der Waals surface area contributed by atoms with Crippen molar-refractivity contribution in [2.75, 3.05) is 41.0 Å². The summed E-state index contributed by atoms with van der Waals surface area (Å²) in [6, 6.07) is 11.9. The van der Waals surface area contributed by atoms with Gasteiger partial charge in [-0.2, -0.15) is 13.2 Å². The summed E-state index contributed by atoms with van der Waals surface area (Å²) in [5.74, 6) is 0.142. The number of rotatable bonds is 11. The summed E-state index contributed by atoms with van der Waals surface area (Å²) in [7, 11) is 4.92. The SMILES string of the molecule is COCCOc1cc(CN(C)C[C@H](O)Cn2c(C(F)(F)F)nc3ccccc32)ccc1OC. The largest absolute Gasteiger partial charge is 0.493 e. The zero-order valence-corrected chi connectivity index (χ0v) is 18.8. The molecule has 10 heteroatoms. The van der Waals surface area contributed by atoms with E-state index in [4.69, 9.17) is 14.2 Å². The Balaban J connectivity index is 1.68. The second-order valence-corrected chi connectivity index (χ2v) is 7.71. The zero-order chi connectivity index (χ0) is 24.0. The summed E-state index contributed by atoms with van der Waals surface area (Å²) >= 11 is 0. The van der Waals surface area contributed by atoms with E-state index in [1.807, 2.05) is 17.0 Å². The van der Waals surface area contributed by atoms with Crippen molar-refractivity contribution in [3.05, 3.63) is 53.9 Å². The van der Waals surface area contributed by atoms with Gasteiger partial charge in [0.1, 0.15) is 6.61 Å². The molecule has 0 aliphatic carbocycles. The van der Waals surface area contributed by atoms with Crippen LogP contribution in [-0.2, 0) is 24.0 Å². The molecule has 1 atom stereocenters. The molecule has 33 heavy (non-hydrogen) atoms. The number of benzene rings is 2. The summed E-state index contributed by atoms with van der Waals surface area (Å²) in [6.07, 6.45) is -5.66. The molecule has 0 bridgehead atoms. The maximum absolute atomic E-state index is 13.5. The fourth-order valence-corrected chi connectivity index (χ4v) is 3.65. The van der Waals surface area contributed by atoms with E-state index in [1.54, 1.807) is 45.5 Å². The van der Waals surface area contributed by atoms with Crippen molar-refractivity contribution in [1.82, 2.24) is 14.5 Å². The molecule has 180 valence electrons. The van der Waals surface area contributed by atoms with Gasteiger partial charge in [0.25, 0.3) is 0 Å². The van der Waals surface area contributed by atoms with E-state index in [9.17, 15) is 18.3 Å². The molecule has 7 nitrogen and oxygen atoms in total. The lowest BCUT2D eigenvalue weighted by Gasteiger charge is -2.22. The van der Waals surface area contributed by atoms with E-state index in [0.29, 0.717) is 36.8 Å². The number of aromatic nitrogens is 2. The highest BCUT2D eigenvalue weighted by molar-refractivity contribution is 5.76. The van der Waals surface area contributed by atoms with Gasteiger partial charge < -0.3 is 23.9 Å². The van der Waals surface area contributed by atoms with Crippen molar-refractivity contribution in [1.29, 1.82) is 0 Å². The summed E-state index contributed by atoms with van der Waals surface area (Å²) in [4.78, 5) is 5.55. The van der Waals surface area contributed by atoms with E-state index in [2.05, 4.69) is 4.98 Å². The van der Waals surface area contributed by atoms with E-state index in [1.165, 1.54) is 6.07 Å². The molecule has 0 saturated heterocycles. The maximum atomic E-state index is 13.5. The quantitative estimate of drug-likeness (QED) is 0.435. The lowest BCUT2D eigenvalue weighted by atomic mass is 10.2. The molecule has 0 radical (unpaired) electrons. The van der Waals surface area contributed by atoms with Gasteiger partial charge in [-0.3, -0.25) is 4.90 Å². The Morgan fingerprint density at radius 3 is 2.55 bits per heavy atom. The van der Waals surface area contributed by atoms with Crippen LogP contribution in [0.3, 0.4) is 0 Å². The number of para-hydroxylation sites is 2. The second-order valence-electron chi connectivity index (χ2n) is 7.71. The fraction of sp³-hybridized carbons (Fsp3) is 0.435. The van der Waals surface area contributed by atoms with Crippen LogP contribution < -0.4 is 9.47 Å². The number of aliphatic hydroxyl groups is 1. The predicted octanol–water partition coefficient (Wildman–Crippen LogP) is 3.58. The fourth-order valence-electron chi connectivity index (χ4n) is 3.65. The number of halogens is 3. The van der Waals surface area contributed by atoms with Gasteiger partial charge in [0.2, 0.25) is 5.82 Å². The molecule has 0 saturated carbocycles. The molecule has 0 aliphatic heterocycles. The first kappa shape index (κ1) is 24.8. The molecule has 0 aliphatic rings. The van der Waals surface area contributed by atoms with Crippen LogP contribution in [0.1, 0.15) is 11.4 Å². The van der Waals surface area contributed by atoms with Gasteiger partial charge in [0.15, 0.2) is 11.5 Å². The van der Waals surface area contributed by atoms with Crippen molar-refractivity contribution in [3.8, 4) is 11.5 Å². The number of hydrogen-bond acceptors (Lipinski definition) is 6. The molecule has 0 amide bonds. The van der Waals surface area contributed by atoms with E-state index < -0.39 is 18.1 Å². The van der Waals surface area contributed by atoms with Crippen LogP contribution in [0, 0.1) is 0 Å². The third-order valence-electron chi connectivity index (χ3n) is 5.05. The first-order chi connectivity index (χ1) is 15.7. The normalized spacial score (nSPS) is 13.0. The molecular weight excluding hydrogens is 439 g/mol. The van der Waals surface area contributed by atoms with Crippen LogP contribution >= 0.6 is 0 Å². The number of aliphatic hydroxyl groups excluding tert-OH is 1. The monoisotopic (exact) mass is 467 g/mol. The van der Waals surface area contributed by atoms with Gasteiger partial charge in [-0.1, -0.05) is 18.2 Å². The van der Waals surface area contributed by atoms with Crippen LogP contribution in [0.5, 0.6) is 11.5 Å². The summed E-state index contributed by atoms with van der Waals surface area (Å²) in [6.45, 7) is 1.19. The Bertz CT molecular complexity index is 1060. The number of hydrogen-bond donors (Lipinski definition) is 1. The number of ether oxygens (including phenoxy) is 3. The average molecular weight is 467 g/mol. The third-order valence-corrected chi connectivity index (χ3v) is 5.05. The minimum Gasteiger partial charge on any atom is -0.493 e. The lowest BCUT2D eigenvalue weighted by molar-refractivity contribution is -0.147. The summed E-state index contributed by atoms with van der Waals surface area (Å²) in [5.41, 5.74) is 1.48. The second kappa shape index (κ2) is 10.9. The van der Waals surface area contributed by atoms with Crippen LogP contribution in [0.2, 0.25) is 0 Å². The van der Waals surface area contributed by atoms with Gasteiger partial charge in [0, 0.05) is 20.2 Å². The molecular formula is C23H28F3N3O4. The molecule has 0 fully saturated rings. The summed E-state index contributed by atoms with van der Waals surface area (Å²) < 4.78 is 57.5. The van der Waals surface area contributed by atoms with Crippen molar-refractivity contribution in [2.24, 2.45) is 0 Å². The van der Waals surface area contributed by atoms with Gasteiger partial charge in [-0.15, -0.1) is 0 Å². The highest BCUT2D eigenvalue weighted by Crippen LogP contribution is 2.32. The van der Waals surface area contributed by atoms with Gasteiger partial charge in [-0.25, -0.2) is 4.98 Å². The van der Waals surface area contributed by atoms with Crippen LogP contribution in [0.25, 0.3) is 11.0 Å². The van der Waals surface area contributed by atoms with Crippen molar-refractivity contribution in [3.63, 3.8) is 0 Å². The molecule has 1 heterocycles. The number of likely N-dealkylation sites (N-methyl/N-ethyl adjacent to an activating group) is 1. The molecule has 0 unspecified atom stereocenters. The molecule has 1 aromatic heterocycles. The Labute approximate surface area is 190 Å². The summed E-state index contributed by atoms with van der Waals surface area (Å²) in [5, 5.41) is 10.6. The van der Waals surface area contributed by atoms with Crippen molar-refractivity contribution in [2.45, 2.75) is 25.4 Å². The first-order valence-electron chi connectivity index (χ1n) is 10.4. The molecule has 0 spiro atoms. The number of alkyl halides is 3. The Kier molecular flexibility index (Phi) is 8.17. The molecule has 2 aromatic carbocycles. The third kappa shape index (κ3) is 6.37.